The molecule has 1 amide bonds. The van der Waals surface area contributed by atoms with Gasteiger partial charge in [-0.05, 0) is 38.7 Å². The van der Waals surface area contributed by atoms with Gasteiger partial charge >= 0.3 is 5.97 Å². The number of amides is 1. The van der Waals surface area contributed by atoms with Crippen molar-refractivity contribution in [2.24, 2.45) is 0 Å². The Balaban J connectivity index is 1.86. The van der Waals surface area contributed by atoms with Gasteiger partial charge in [-0.25, -0.2) is 4.68 Å². The number of non-ortho nitro benzene ring substituents is 1. The van der Waals surface area contributed by atoms with Crippen LogP contribution in [0.25, 0.3) is 5.69 Å². The van der Waals surface area contributed by atoms with Gasteiger partial charge in [-0.1, -0.05) is 11.3 Å². The van der Waals surface area contributed by atoms with Crippen LogP contribution in [0.4, 0.5) is 5.69 Å². The molecule has 1 atom stereocenters. The Hall–Kier alpha value is -3.30. The van der Waals surface area contributed by atoms with E-state index in [4.69, 9.17) is 5.11 Å². The third kappa shape index (κ3) is 4.00. The van der Waals surface area contributed by atoms with Crippen molar-refractivity contribution in [3.63, 3.8) is 0 Å². The number of carboxylic acid groups (broad SMARTS) is 1. The quantitative estimate of drug-likeness (QED) is 0.594. The zero-order valence-corrected chi connectivity index (χ0v) is 15.4. The van der Waals surface area contributed by atoms with Gasteiger partial charge in [-0.15, -0.1) is 5.10 Å². The number of likely N-dealkylation sites (tertiary alicyclic amines) is 1. The summed E-state index contributed by atoms with van der Waals surface area (Å²) in [4.78, 5) is 36.1. The van der Waals surface area contributed by atoms with Crippen molar-refractivity contribution in [3.05, 3.63) is 45.8 Å². The molecule has 28 heavy (non-hydrogen) atoms. The fourth-order valence-corrected chi connectivity index (χ4v) is 3.50. The fourth-order valence-electron chi connectivity index (χ4n) is 3.50. The van der Waals surface area contributed by atoms with Gasteiger partial charge in [0.05, 0.1) is 16.3 Å². The summed E-state index contributed by atoms with van der Waals surface area (Å²) in [6, 6.07) is 5.80. The molecule has 1 aromatic heterocycles. The van der Waals surface area contributed by atoms with Crippen LogP contribution < -0.4 is 0 Å². The Morgan fingerprint density at radius 1 is 1.36 bits per heavy atom. The lowest BCUT2D eigenvalue weighted by Crippen LogP contribution is -2.44. The highest BCUT2D eigenvalue weighted by atomic mass is 16.6. The lowest BCUT2D eigenvalue weighted by molar-refractivity contribution is -0.384. The molecule has 1 N–H and O–H groups in total. The summed E-state index contributed by atoms with van der Waals surface area (Å²) in [6.07, 6.45) is 2.98. The second-order valence-corrected chi connectivity index (χ2v) is 6.79. The lowest BCUT2D eigenvalue weighted by Gasteiger charge is -2.35. The predicted molar refractivity (Wildman–Crippen MR) is 98.3 cm³/mol. The molecular formula is C18H21N5O5. The third-order valence-electron chi connectivity index (χ3n) is 4.96. The molecule has 1 aliphatic heterocycles. The molecule has 10 heteroatoms. The Labute approximate surface area is 160 Å². The van der Waals surface area contributed by atoms with Crippen LogP contribution in [0, 0.1) is 17.0 Å². The molecule has 0 aliphatic carbocycles. The number of aliphatic carboxylic acids is 1. The van der Waals surface area contributed by atoms with E-state index < -0.39 is 10.9 Å². The molecule has 0 bridgehead atoms. The zero-order valence-electron chi connectivity index (χ0n) is 15.4. The standard InChI is InChI=1S/C18H21N5O5/c1-12-17(18(26)21-10-3-2-5-13(21)8-9-16(24)25)19-20-22(12)14-6-4-7-15(11-14)23(27)28/h4,6-7,11,13H,2-3,5,8-10H2,1H3,(H,24,25). The third-order valence-corrected chi connectivity index (χ3v) is 4.96. The molecule has 10 nitrogen and oxygen atoms in total. The first-order valence-corrected chi connectivity index (χ1v) is 9.08. The normalized spacial score (nSPS) is 16.8. The summed E-state index contributed by atoms with van der Waals surface area (Å²) >= 11 is 0. The summed E-state index contributed by atoms with van der Waals surface area (Å²) < 4.78 is 1.40. The first-order valence-electron chi connectivity index (χ1n) is 9.08. The van der Waals surface area contributed by atoms with Gasteiger partial charge in [0, 0.05) is 31.1 Å². The first kappa shape index (κ1) is 19.5. The van der Waals surface area contributed by atoms with Crippen LogP contribution >= 0.6 is 0 Å². The number of benzene rings is 1. The lowest BCUT2D eigenvalue weighted by atomic mass is 9.97. The van der Waals surface area contributed by atoms with E-state index in [-0.39, 0.29) is 29.8 Å². The number of hydrogen-bond acceptors (Lipinski definition) is 6. The maximum Gasteiger partial charge on any atom is 0.303 e. The average Bonchev–Trinajstić information content (AvgIpc) is 3.07. The molecule has 0 spiro atoms. The fraction of sp³-hybridized carbons (Fsp3) is 0.444. The molecule has 2 heterocycles. The van der Waals surface area contributed by atoms with Gasteiger partial charge in [-0.2, -0.15) is 0 Å². The monoisotopic (exact) mass is 387 g/mol. The molecule has 2 aromatic rings. The van der Waals surface area contributed by atoms with Crippen molar-refractivity contribution in [2.75, 3.05) is 6.54 Å². The minimum atomic E-state index is -0.884. The summed E-state index contributed by atoms with van der Waals surface area (Å²) in [5.41, 5.74) is 1.02. The van der Waals surface area contributed by atoms with Crippen molar-refractivity contribution in [1.82, 2.24) is 19.9 Å². The number of piperidine rings is 1. The molecule has 3 rings (SSSR count). The van der Waals surface area contributed by atoms with Crippen molar-refractivity contribution < 1.29 is 19.6 Å². The number of aromatic nitrogens is 3. The summed E-state index contributed by atoms with van der Waals surface area (Å²) in [5, 5.41) is 27.9. The molecule has 1 aliphatic rings. The highest BCUT2D eigenvalue weighted by Gasteiger charge is 2.31. The van der Waals surface area contributed by atoms with Crippen molar-refractivity contribution in [1.29, 1.82) is 0 Å². The van der Waals surface area contributed by atoms with E-state index in [1.165, 1.54) is 16.8 Å². The Bertz CT molecular complexity index is 910. The van der Waals surface area contributed by atoms with Gasteiger partial charge in [0.1, 0.15) is 0 Å². The number of hydrogen-bond donors (Lipinski definition) is 1. The van der Waals surface area contributed by atoms with Crippen molar-refractivity contribution in [2.45, 2.75) is 45.1 Å². The molecule has 1 aromatic carbocycles. The van der Waals surface area contributed by atoms with Crippen LogP contribution in [0.5, 0.6) is 0 Å². The van der Waals surface area contributed by atoms with Gasteiger partial charge in [0.25, 0.3) is 11.6 Å². The van der Waals surface area contributed by atoms with Crippen LogP contribution in [0.1, 0.15) is 48.3 Å². The van der Waals surface area contributed by atoms with E-state index in [0.717, 1.165) is 19.3 Å². The second kappa shape index (κ2) is 8.15. The van der Waals surface area contributed by atoms with E-state index in [0.29, 0.717) is 24.3 Å². The van der Waals surface area contributed by atoms with E-state index in [1.807, 2.05) is 0 Å². The van der Waals surface area contributed by atoms with E-state index in [2.05, 4.69) is 10.3 Å². The van der Waals surface area contributed by atoms with Crippen LogP contribution in [-0.2, 0) is 4.79 Å². The molecule has 1 saturated heterocycles. The predicted octanol–water partition coefficient (Wildman–Crippen LogP) is 2.34. The number of nitrogens with zero attached hydrogens (tertiary/aromatic N) is 5. The van der Waals surface area contributed by atoms with Crippen molar-refractivity contribution in [3.8, 4) is 5.69 Å². The molecule has 148 valence electrons. The van der Waals surface area contributed by atoms with Crippen molar-refractivity contribution >= 4 is 17.6 Å². The number of carbonyl (C=O) groups excluding carboxylic acids is 1. The first-order chi connectivity index (χ1) is 13.4. The Kier molecular flexibility index (Phi) is 5.67. The van der Waals surface area contributed by atoms with Gasteiger partial charge in [0.2, 0.25) is 0 Å². The largest absolute Gasteiger partial charge is 0.481 e. The van der Waals surface area contributed by atoms with Crippen LogP contribution in [0.3, 0.4) is 0 Å². The second-order valence-electron chi connectivity index (χ2n) is 6.79. The van der Waals surface area contributed by atoms with E-state index in [1.54, 1.807) is 24.0 Å². The minimum Gasteiger partial charge on any atom is -0.481 e. The number of rotatable bonds is 6. The SMILES string of the molecule is Cc1c(C(=O)N2CCCCC2CCC(=O)O)nnn1-c1cccc([N+](=O)[O-])c1. The van der Waals surface area contributed by atoms with Gasteiger partial charge in [0.15, 0.2) is 5.69 Å². The number of carboxylic acids is 1. The number of nitro benzene ring substituents is 1. The minimum absolute atomic E-state index is 0.00774. The molecular weight excluding hydrogens is 366 g/mol. The topological polar surface area (TPSA) is 131 Å². The number of nitro groups is 1. The van der Waals surface area contributed by atoms with E-state index >= 15 is 0 Å². The molecule has 1 fully saturated rings. The summed E-state index contributed by atoms with van der Waals surface area (Å²) in [7, 11) is 0. The van der Waals surface area contributed by atoms with E-state index in [9.17, 15) is 19.7 Å². The van der Waals surface area contributed by atoms with Gasteiger partial charge < -0.3 is 10.0 Å². The summed E-state index contributed by atoms with van der Waals surface area (Å²) in [6.45, 7) is 2.23. The maximum atomic E-state index is 13.0. The van der Waals surface area contributed by atoms with Gasteiger partial charge in [-0.3, -0.25) is 19.7 Å². The molecule has 0 radical (unpaired) electrons. The average molecular weight is 387 g/mol. The maximum absolute atomic E-state index is 13.0. The Morgan fingerprint density at radius 3 is 2.86 bits per heavy atom. The highest BCUT2D eigenvalue weighted by Crippen LogP contribution is 2.24. The molecule has 1 unspecified atom stereocenters. The smallest absolute Gasteiger partial charge is 0.303 e. The van der Waals surface area contributed by atoms with Crippen LogP contribution in [0.15, 0.2) is 24.3 Å². The Morgan fingerprint density at radius 2 is 2.14 bits per heavy atom. The summed E-state index contributed by atoms with van der Waals surface area (Å²) in [5.74, 6) is -1.17. The molecule has 0 saturated carbocycles. The van der Waals surface area contributed by atoms with Crippen LogP contribution in [-0.4, -0.2) is 54.4 Å². The number of carbonyl (C=O) groups is 2. The van der Waals surface area contributed by atoms with Crippen LogP contribution in [0.2, 0.25) is 0 Å². The highest BCUT2D eigenvalue weighted by molar-refractivity contribution is 5.93. The zero-order chi connectivity index (χ0) is 20.3.